The molecule has 1 aliphatic rings. The van der Waals surface area contributed by atoms with Crippen molar-refractivity contribution in [3.8, 4) is 11.3 Å². The molecule has 0 radical (unpaired) electrons. The smallest absolute Gasteiger partial charge is 0.475 e. The molecule has 6 rings (SSSR count). The largest absolute Gasteiger partial charge is 0.490 e. The number of nitrogens with zero attached hydrogens (tertiary/aromatic N) is 7. The molecule has 5 heterocycles. The van der Waals surface area contributed by atoms with Gasteiger partial charge >= 0.3 is 24.3 Å². The fraction of sp³-hybridized carbons (Fsp3) is 0.258. The minimum absolute atomic E-state index is 0.234. The number of carboxylic acid groups (broad SMARTS) is 2. The molecule has 1 saturated heterocycles. The number of carbonyl (C=O) groups is 2. The van der Waals surface area contributed by atoms with E-state index in [4.69, 9.17) is 31.3 Å². The monoisotopic (exact) mass is 741 g/mol. The summed E-state index contributed by atoms with van der Waals surface area (Å²) in [6, 6.07) is 11.4. The van der Waals surface area contributed by atoms with E-state index in [0.29, 0.717) is 29.9 Å². The zero-order valence-corrected chi connectivity index (χ0v) is 26.4. The number of benzene rings is 1. The van der Waals surface area contributed by atoms with E-state index in [1.165, 1.54) is 16.9 Å². The van der Waals surface area contributed by atoms with Crippen molar-refractivity contribution in [2.45, 2.75) is 37.2 Å². The Hall–Kier alpha value is -5.99. The van der Waals surface area contributed by atoms with Crippen LogP contribution in [0.2, 0.25) is 0 Å². The van der Waals surface area contributed by atoms with Gasteiger partial charge in [-0.2, -0.15) is 36.0 Å². The molecule has 1 unspecified atom stereocenters. The normalized spacial score (nSPS) is 16.0. The van der Waals surface area contributed by atoms with E-state index >= 15 is 0 Å². The SMILES string of the molecule is Nc1ncnc2c(Cc3cc(-c4ccc(F)c(F)c4)ncc3N3CCCC(N)(c4ccccn4)C3)cnn12.O=C(O)C(F)(F)F.O=C(O)C(F)(F)F. The zero-order valence-electron chi connectivity index (χ0n) is 26.4. The topological polar surface area (TPSA) is 199 Å². The predicted octanol–water partition coefficient (Wildman–Crippen LogP) is 4.75. The quantitative estimate of drug-likeness (QED) is 0.181. The van der Waals surface area contributed by atoms with E-state index in [1.807, 2.05) is 24.3 Å². The summed E-state index contributed by atoms with van der Waals surface area (Å²) in [7, 11) is 0. The van der Waals surface area contributed by atoms with Gasteiger partial charge in [0.2, 0.25) is 5.95 Å². The highest BCUT2D eigenvalue weighted by molar-refractivity contribution is 5.73. The first-order chi connectivity index (χ1) is 24.3. The van der Waals surface area contributed by atoms with Crippen molar-refractivity contribution in [1.82, 2.24) is 29.5 Å². The standard InChI is InChI=1S/C27H25F2N9.2C2HF3O2/c28-20-6-5-17(11-21(20)29)22-12-18(10-19-13-36-38-25(19)34-16-35-26(38)30)23(14-33-22)37-9-3-7-27(31,15-37)24-4-1-2-8-32-24;2*3-2(4,5)1(6)7/h1-2,4-6,8,11-14,16H,3,7,9-10,15,31H2,(H2,30,34,35);2*(H,6,7). The number of hydrogen-bond donors (Lipinski definition) is 4. The Bertz CT molecular complexity index is 2020. The van der Waals surface area contributed by atoms with E-state index in [9.17, 15) is 35.1 Å². The first-order valence-electron chi connectivity index (χ1n) is 14.7. The molecular weight excluding hydrogens is 714 g/mol. The van der Waals surface area contributed by atoms with Gasteiger partial charge in [-0.3, -0.25) is 9.97 Å². The number of hydrogen-bond acceptors (Lipinski definition) is 10. The highest BCUT2D eigenvalue weighted by atomic mass is 19.4. The van der Waals surface area contributed by atoms with Crippen molar-refractivity contribution in [3.63, 3.8) is 0 Å². The molecule has 276 valence electrons. The van der Waals surface area contributed by atoms with E-state index in [0.717, 1.165) is 54.0 Å². The number of alkyl halides is 6. The number of nitrogens with two attached hydrogens (primary N) is 2. The Kier molecular flexibility index (Phi) is 11.6. The van der Waals surface area contributed by atoms with Crippen molar-refractivity contribution in [1.29, 1.82) is 0 Å². The highest BCUT2D eigenvalue weighted by Gasteiger charge is 2.39. The molecule has 0 bridgehead atoms. The van der Waals surface area contributed by atoms with Gasteiger partial charge in [0.15, 0.2) is 17.3 Å². The van der Waals surface area contributed by atoms with Crippen molar-refractivity contribution < 1.29 is 54.9 Å². The number of aliphatic carboxylic acids is 2. The molecule has 0 spiro atoms. The van der Waals surface area contributed by atoms with Crippen LogP contribution in [-0.4, -0.2) is 77.1 Å². The third kappa shape index (κ3) is 9.41. The number of carboxylic acids is 2. The van der Waals surface area contributed by atoms with E-state index in [2.05, 4.69) is 29.9 Å². The molecule has 21 heteroatoms. The number of anilines is 2. The number of pyridine rings is 2. The van der Waals surface area contributed by atoms with Gasteiger partial charge < -0.3 is 26.6 Å². The van der Waals surface area contributed by atoms with Crippen molar-refractivity contribution in [2.24, 2.45) is 5.73 Å². The second kappa shape index (κ2) is 15.5. The van der Waals surface area contributed by atoms with Gasteiger partial charge in [-0.1, -0.05) is 6.07 Å². The van der Waals surface area contributed by atoms with Crippen LogP contribution >= 0.6 is 0 Å². The summed E-state index contributed by atoms with van der Waals surface area (Å²) in [5.41, 5.74) is 17.3. The maximum absolute atomic E-state index is 14.0. The van der Waals surface area contributed by atoms with Gasteiger partial charge in [0.05, 0.1) is 35.0 Å². The van der Waals surface area contributed by atoms with Gasteiger partial charge in [-0.05, 0) is 54.8 Å². The number of fused-ring (bicyclic) bond motifs is 1. The second-order valence-electron chi connectivity index (χ2n) is 11.1. The number of rotatable bonds is 5. The van der Waals surface area contributed by atoms with E-state index < -0.39 is 41.5 Å². The number of piperidine rings is 1. The van der Waals surface area contributed by atoms with Gasteiger partial charge in [0.25, 0.3) is 0 Å². The average Bonchev–Trinajstić information content (AvgIpc) is 3.50. The molecule has 13 nitrogen and oxygen atoms in total. The van der Waals surface area contributed by atoms with Gasteiger partial charge in [0.1, 0.15) is 6.33 Å². The Morgan fingerprint density at radius 1 is 0.865 bits per heavy atom. The van der Waals surface area contributed by atoms with Crippen molar-refractivity contribution in [3.05, 3.63) is 95.8 Å². The van der Waals surface area contributed by atoms with Gasteiger partial charge in [-0.25, -0.2) is 28.3 Å². The van der Waals surface area contributed by atoms with Gasteiger partial charge in [-0.15, -0.1) is 0 Å². The van der Waals surface area contributed by atoms with Crippen LogP contribution in [0.1, 0.15) is 29.7 Å². The average molecular weight is 742 g/mol. The van der Waals surface area contributed by atoms with Crippen LogP contribution in [0.3, 0.4) is 0 Å². The van der Waals surface area contributed by atoms with Crippen molar-refractivity contribution in [2.75, 3.05) is 23.7 Å². The number of nitrogen functional groups attached to an aromatic ring is 1. The van der Waals surface area contributed by atoms with Crippen LogP contribution in [0.5, 0.6) is 0 Å². The maximum Gasteiger partial charge on any atom is 0.490 e. The Labute approximate surface area is 287 Å². The lowest BCUT2D eigenvalue weighted by Gasteiger charge is -2.41. The lowest BCUT2D eigenvalue weighted by molar-refractivity contribution is -0.193. The fourth-order valence-electron chi connectivity index (χ4n) is 5.09. The lowest BCUT2D eigenvalue weighted by Crippen LogP contribution is -2.52. The Morgan fingerprint density at radius 2 is 1.54 bits per heavy atom. The molecule has 6 N–H and O–H groups in total. The summed E-state index contributed by atoms with van der Waals surface area (Å²) >= 11 is 0. The van der Waals surface area contributed by atoms with Crippen LogP contribution in [-0.2, 0) is 21.5 Å². The van der Waals surface area contributed by atoms with Crippen LogP contribution in [0.15, 0.2) is 67.4 Å². The molecule has 0 aliphatic carbocycles. The fourth-order valence-corrected chi connectivity index (χ4v) is 5.09. The third-order valence-electron chi connectivity index (χ3n) is 7.49. The molecule has 5 aromatic rings. The molecule has 0 saturated carbocycles. The minimum Gasteiger partial charge on any atom is -0.475 e. The summed E-state index contributed by atoms with van der Waals surface area (Å²) < 4.78 is 92.6. The summed E-state index contributed by atoms with van der Waals surface area (Å²) in [6.07, 6.45) is -1.41. The summed E-state index contributed by atoms with van der Waals surface area (Å²) in [5.74, 6) is -7.11. The maximum atomic E-state index is 14.0. The van der Waals surface area contributed by atoms with Crippen LogP contribution in [0.25, 0.3) is 16.9 Å². The van der Waals surface area contributed by atoms with Gasteiger partial charge in [0, 0.05) is 36.8 Å². The van der Waals surface area contributed by atoms with E-state index in [1.54, 1.807) is 18.6 Å². The molecule has 0 amide bonds. The number of aromatic nitrogens is 6. The van der Waals surface area contributed by atoms with Crippen LogP contribution < -0.4 is 16.4 Å². The molecule has 4 aromatic heterocycles. The van der Waals surface area contributed by atoms with Crippen molar-refractivity contribution >= 4 is 29.2 Å². The summed E-state index contributed by atoms with van der Waals surface area (Å²) in [5, 5.41) is 18.6. The summed E-state index contributed by atoms with van der Waals surface area (Å²) in [4.78, 5) is 37.5. The van der Waals surface area contributed by atoms with Crippen LogP contribution in [0.4, 0.5) is 46.8 Å². The minimum atomic E-state index is -5.08. The molecular formula is C31H27F8N9O4. The lowest BCUT2D eigenvalue weighted by atomic mass is 9.86. The predicted molar refractivity (Wildman–Crippen MR) is 167 cm³/mol. The highest BCUT2D eigenvalue weighted by Crippen LogP contribution is 2.35. The number of halogens is 8. The summed E-state index contributed by atoms with van der Waals surface area (Å²) in [6.45, 7) is 1.34. The molecule has 1 atom stereocenters. The molecule has 1 fully saturated rings. The second-order valence-corrected chi connectivity index (χ2v) is 11.1. The Balaban J connectivity index is 0.000000367. The van der Waals surface area contributed by atoms with E-state index in [-0.39, 0.29) is 5.95 Å². The molecule has 1 aliphatic heterocycles. The molecule has 52 heavy (non-hydrogen) atoms. The zero-order chi connectivity index (χ0) is 38.4. The third-order valence-corrected chi connectivity index (χ3v) is 7.49. The molecule has 1 aromatic carbocycles. The first kappa shape index (κ1) is 38.8. The Morgan fingerprint density at radius 3 is 2.13 bits per heavy atom. The first-order valence-corrected chi connectivity index (χ1v) is 14.7. The van der Waals surface area contributed by atoms with Crippen LogP contribution in [0, 0.1) is 11.6 Å².